The lowest BCUT2D eigenvalue weighted by molar-refractivity contribution is -0.121. The highest BCUT2D eigenvalue weighted by atomic mass is 16.1. The van der Waals surface area contributed by atoms with Crippen molar-refractivity contribution in [2.75, 3.05) is 0 Å². The van der Waals surface area contributed by atoms with E-state index in [1.165, 1.54) is 6.42 Å². The van der Waals surface area contributed by atoms with Crippen LogP contribution in [-0.4, -0.2) is 11.3 Å². The molecule has 2 bridgehead atoms. The van der Waals surface area contributed by atoms with E-state index < -0.39 is 0 Å². The summed E-state index contributed by atoms with van der Waals surface area (Å²) in [5, 5.41) is 0. The molecule has 3 unspecified atom stereocenters. The maximum atomic E-state index is 11.0. The van der Waals surface area contributed by atoms with Gasteiger partial charge in [-0.15, -0.1) is 0 Å². The summed E-state index contributed by atoms with van der Waals surface area (Å²) in [4.78, 5) is 11.0. The molecular formula is C9H14O2. The normalized spacial score (nSPS) is 38.8. The maximum Gasteiger partial charge on any atom is 0.133 e. The fourth-order valence-corrected chi connectivity index (χ4v) is 2.25. The van der Waals surface area contributed by atoms with Crippen molar-refractivity contribution >= 4 is 5.78 Å². The van der Waals surface area contributed by atoms with Crippen LogP contribution in [0.5, 0.6) is 0 Å². The zero-order valence-corrected chi connectivity index (χ0v) is 6.71. The second-order valence-electron chi connectivity index (χ2n) is 3.50. The zero-order valence-electron chi connectivity index (χ0n) is 6.71. The van der Waals surface area contributed by atoms with Crippen molar-refractivity contribution in [1.82, 2.24) is 0 Å². The van der Waals surface area contributed by atoms with Crippen molar-refractivity contribution in [3.05, 3.63) is 12.2 Å². The van der Waals surface area contributed by atoms with Gasteiger partial charge in [0.25, 0.3) is 0 Å². The molecule has 2 aliphatic carbocycles. The topological polar surface area (TPSA) is 48.6 Å². The Bertz CT molecular complexity index is 196. The van der Waals surface area contributed by atoms with Crippen molar-refractivity contribution < 1.29 is 10.3 Å². The Morgan fingerprint density at radius 2 is 2.09 bits per heavy atom. The van der Waals surface area contributed by atoms with Gasteiger partial charge in [-0.05, 0) is 31.6 Å². The van der Waals surface area contributed by atoms with Crippen LogP contribution in [0.25, 0.3) is 0 Å². The molecule has 0 aromatic rings. The van der Waals surface area contributed by atoms with Gasteiger partial charge in [-0.25, -0.2) is 0 Å². The Labute approximate surface area is 66.6 Å². The lowest BCUT2D eigenvalue weighted by Gasteiger charge is -2.13. The van der Waals surface area contributed by atoms with Gasteiger partial charge < -0.3 is 5.48 Å². The smallest absolute Gasteiger partial charge is 0.133 e. The van der Waals surface area contributed by atoms with Crippen molar-refractivity contribution in [2.45, 2.75) is 19.8 Å². The summed E-state index contributed by atoms with van der Waals surface area (Å²) in [5.41, 5.74) is 0. The number of Topliss-reactive ketones (excluding diaryl/α,β-unsaturated/α-hetero) is 1. The number of allylic oxidation sites excluding steroid dienone is 2. The summed E-state index contributed by atoms with van der Waals surface area (Å²) in [6.45, 7) is 1.72. The third-order valence-corrected chi connectivity index (χ3v) is 2.80. The molecule has 0 amide bonds. The summed E-state index contributed by atoms with van der Waals surface area (Å²) in [7, 11) is 0. The average molecular weight is 154 g/mol. The molecule has 0 spiro atoms. The van der Waals surface area contributed by atoms with E-state index in [1.807, 2.05) is 0 Å². The van der Waals surface area contributed by atoms with Gasteiger partial charge >= 0.3 is 0 Å². The number of carbonyl (C=O) groups excluding carboxylic acids is 1. The van der Waals surface area contributed by atoms with Crippen LogP contribution in [-0.2, 0) is 4.79 Å². The van der Waals surface area contributed by atoms with E-state index in [0.29, 0.717) is 17.6 Å². The first-order valence-electron chi connectivity index (χ1n) is 3.96. The third kappa shape index (κ3) is 1.23. The molecule has 11 heavy (non-hydrogen) atoms. The minimum absolute atomic E-state index is 0. The lowest BCUT2D eigenvalue weighted by atomic mass is 9.90. The van der Waals surface area contributed by atoms with Crippen LogP contribution in [0, 0.1) is 17.8 Å². The molecule has 2 nitrogen and oxygen atoms in total. The first-order valence-corrected chi connectivity index (χ1v) is 3.96. The van der Waals surface area contributed by atoms with E-state index in [0.717, 1.165) is 12.3 Å². The minimum atomic E-state index is 0. The number of hydrogen-bond donors (Lipinski definition) is 0. The predicted molar refractivity (Wildman–Crippen MR) is 43.1 cm³/mol. The van der Waals surface area contributed by atoms with E-state index in [-0.39, 0.29) is 5.48 Å². The van der Waals surface area contributed by atoms with E-state index >= 15 is 0 Å². The number of carbonyl (C=O) groups is 1. The summed E-state index contributed by atoms with van der Waals surface area (Å²) in [5.74, 6) is 2.09. The van der Waals surface area contributed by atoms with Gasteiger partial charge in [0.2, 0.25) is 0 Å². The van der Waals surface area contributed by atoms with Gasteiger partial charge in [-0.3, -0.25) is 4.79 Å². The van der Waals surface area contributed by atoms with Crippen molar-refractivity contribution in [1.29, 1.82) is 0 Å². The molecule has 0 heterocycles. The highest BCUT2D eigenvalue weighted by molar-refractivity contribution is 5.79. The van der Waals surface area contributed by atoms with Crippen LogP contribution in [0.1, 0.15) is 19.8 Å². The first-order chi connectivity index (χ1) is 4.77. The van der Waals surface area contributed by atoms with Gasteiger partial charge in [0, 0.05) is 5.92 Å². The van der Waals surface area contributed by atoms with Crippen LogP contribution in [0.4, 0.5) is 0 Å². The van der Waals surface area contributed by atoms with E-state index in [4.69, 9.17) is 0 Å². The monoisotopic (exact) mass is 154 g/mol. The standard InChI is InChI=1S/C9H12O.H2O/c1-6(10)9-5-7-2-3-8(9)4-7;/h2-3,7-9H,4-5H2,1H3;1H2. The average Bonchev–Trinajstić information content (AvgIpc) is 2.44. The fourth-order valence-electron chi connectivity index (χ4n) is 2.25. The number of ketones is 1. The molecule has 62 valence electrons. The lowest BCUT2D eigenvalue weighted by Crippen LogP contribution is -2.15. The van der Waals surface area contributed by atoms with Crippen LogP contribution < -0.4 is 0 Å². The van der Waals surface area contributed by atoms with Crippen molar-refractivity contribution in [2.24, 2.45) is 17.8 Å². The highest BCUT2D eigenvalue weighted by Gasteiger charge is 2.37. The molecule has 0 aromatic heterocycles. The van der Waals surface area contributed by atoms with Crippen molar-refractivity contribution in [3.8, 4) is 0 Å². The molecule has 2 heteroatoms. The number of fused-ring (bicyclic) bond motifs is 2. The second-order valence-corrected chi connectivity index (χ2v) is 3.50. The Kier molecular flexibility index (Phi) is 2.14. The molecule has 2 N–H and O–H groups in total. The second kappa shape index (κ2) is 2.78. The fraction of sp³-hybridized carbons (Fsp3) is 0.667. The first kappa shape index (κ1) is 8.47. The van der Waals surface area contributed by atoms with Gasteiger partial charge in [-0.1, -0.05) is 12.2 Å². The van der Waals surface area contributed by atoms with Crippen LogP contribution in [0.3, 0.4) is 0 Å². The van der Waals surface area contributed by atoms with Crippen LogP contribution in [0.2, 0.25) is 0 Å². The van der Waals surface area contributed by atoms with E-state index in [1.54, 1.807) is 6.92 Å². The largest absolute Gasteiger partial charge is 0.412 e. The molecule has 1 saturated carbocycles. The molecule has 3 atom stereocenters. The molecule has 2 rings (SSSR count). The molecular weight excluding hydrogens is 140 g/mol. The van der Waals surface area contributed by atoms with Crippen LogP contribution in [0.15, 0.2) is 12.2 Å². The zero-order chi connectivity index (χ0) is 7.14. The summed E-state index contributed by atoms with van der Waals surface area (Å²) >= 11 is 0. The minimum Gasteiger partial charge on any atom is -0.412 e. The SMILES string of the molecule is CC(=O)C1CC2C=CC1C2.O. The van der Waals surface area contributed by atoms with Gasteiger partial charge in [0.1, 0.15) is 5.78 Å². The Hall–Kier alpha value is -0.630. The predicted octanol–water partition coefficient (Wildman–Crippen LogP) is 0.963. The highest BCUT2D eigenvalue weighted by Crippen LogP contribution is 2.43. The Balaban J connectivity index is 0.000000605. The molecule has 0 aliphatic heterocycles. The Morgan fingerprint density at radius 3 is 2.36 bits per heavy atom. The molecule has 1 fully saturated rings. The maximum absolute atomic E-state index is 11.0. The van der Waals surface area contributed by atoms with Crippen LogP contribution >= 0.6 is 0 Å². The quantitative estimate of drug-likeness (QED) is 0.519. The summed E-state index contributed by atoms with van der Waals surface area (Å²) in [6, 6.07) is 0. The summed E-state index contributed by atoms with van der Waals surface area (Å²) < 4.78 is 0. The Morgan fingerprint density at radius 1 is 1.36 bits per heavy atom. The summed E-state index contributed by atoms with van der Waals surface area (Å²) in [6.07, 6.45) is 6.85. The molecule has 2 aliphatic rings. The molecule has 0 saturated heterocycles. The van der Waals surface area contributed by atoms with E-state index in [2.05, 4.69) is 12.2 Å². The number of hydrogen-bond acceptors (Lipinski definition) is 1. The van der Waals surface area contributed by atoms with Gasteiger partial charge in [0.15, 0.2) is 0 Å². The van der Waals surface area contributed by atoms with Crippen molar-refractivity contribution in [3.63, 3.8) is 0 Å². The van der Waals surface area contributed by atoms with Gasteiger partial charge in [0.05, 0.1) is 0 Å². The third-order valence-electron chi connectivity index (χ3n) is 2.80. The molecule has 0 radical (unpaired) electrons. The van der Waals surface area contributed by atoms with E-state index in [9.17, 15) is 4.79 Å². The molecule has 0 aromatic carbocycles. The van der Waals surface area contributed by atoms with Gasteiger partial charge in [-0.2, -0.15) is 0 Å². The number of rotatable bonds is 1.